The molecule has 0 atom stereocenters. The van der Waals surface area contributed by atoms with Gasteiger partial charge in [0.25, 0.3) is 0 Å². The first kappa shape index (κ1) is 13.2. The lowest BCUT2D eigenvalue weighted by Crippen LogP contribution is -2.19. The Morgan fingerprint density at radius 2 is 2.06 bits per heavy atom. The average Bonchev–Trinajstić information content (AvgIpc) is 2.18. The van der Waals surface area contributed by atoms with Crippen LogP contribution >= 0.6 is 24.2 Å². The first-order valence-electron chi connectivity index (χ1n) is 4.02. The molecule has 2 nitrogen and oxygen atoms in total. The Morgan fingerprint density at radius 3 is 2.56 bits per heavy atom. The molecule has 1 rings (SSSR count). The summed E-state index contributed by atoms with van der Waals surface area (Å²) in [6.07, 6.45) is -4.87. The smallest absolute Gasteiger partial charge is 0.404 e. The number of rotatable bonds is 3. The molecule has 0 fully saturated rings. The van der Waals surface area contributed by atoms with Gasteiger partial charge in [0, 0.05) is 4.90 Å². The van der Waals surface area contributed by atoms with Crippen LogP contribution in [-0.4, -0.2) is 18.0 Å². The molecule has 0 spiro atoms. The van der Waals surface area contributed by atoms with Gasteiger partial charge in [0.2, 0.25) is 0 Å². The summed E-state index contributed by atoms with van der Waals surface area (Å²) in [6, 6.07) is 3.88. The van der Waals surface area contributed by atoms with E-state index in [0.717, 1.165) is 0 Å². The maximum atomic E-state index is 12.1. The maximum Gasteiger partial charge on any atom is 0.573 e. The summed E-state index contributed by atoms with van der Waals surface area (Å²) in [4.78, 5) is 11.2. The first-order chi connectivity index (χ1) is 7.35. The highest BCUT2D eigenvalue weighted by molar-refractivity contribution is 7.80. The van der Waals surface area contributed by atoms with E-state index >= 15 is 0 Å². The molecule has 0 aliphatic carbocycles. The lowest BCUT2D eigenvalue weighted by molar-refractivity contribution is -0.275. The van der Waals surface area contributed by atoms with Crippen LogP contribution in [0.4, 0.5) is 13.2 Å². The van der Waals surface area contributed by atoms with Gasteiger partial charge in [0.05, 0.1) is 11.4 Å². The highest BCUT2D eigenvalue weighted by Crippen LogP contribution is 2.32. The van der Waals surface area contributed by atoms with Gasteiger partial charge in [-0.3, -0.25) is 4.79 Å². The van der Waals surface area contributed by atoms with E-state index in [1.165, 1.54) is 18.2 Å². The molecule has 0 saturated heterocycles. The van der Waals surface area contributed by atoms with Gasteiger partial charge >= 0.3 is 6.36 Å². The number of ether oxygens (including phenoxy) is 1. The van der Waals surface area contributed by atoms with Crippen LogP contribution < -0.4 is 4.74 Å². The molecule has 1 aromatic carbocycles. The average molecular weight is 271 g/mol. The van der Waals surface area contributed by atoms with Crippen molar-refractivity contribution >= 4 is 30.0 Å². The number of para-hydroxylation sites is 1. The van der Waals surface area contributed by atoms with Crippen molar-refractivity contribution in [1.82, 2.24) is 0 Å². The van der Waals surface area contributed by atoms with Crippen molar-refractivity contribution in [2.24, 2.45) is 0 Å². The lowest BCUT2D eigenvalue weighted by Gasteiger charge is -2.13. The van der Waals surface area contributed by atoms with Gasteiger partial charge in [-0.25, -0.2) is 0 Å². The van der Waals surface area contributed by atoms with Crippen molar-refractivity contribution in [3.8, 4) is 5.75 Å². The third-order valence-corrected chi connectivity index (χ3v) is 2.23. The fraction of sp³-hybridized carbons (Fsp3) is 0.222. The van der Waals surface area contributed by atoms with E-state index in [1.54, 1.807) is 0 Å². The minimum atomic E-state index is -4.87. The number of carbonyl (C=O) groups excluding carboxylic acids is 1. The fourth-order valence-electron chi connectivity index (χ4n) is 1.04. The molecule has 0 aliphatic heterocycles. The van der Waals surface area contributed by atoms with Crippen LogP contribution in [0.15, 0.2) is 23.1 Å². The Bertz CT molecular complexity index is 406. The Balaban J connectivity index is 3.19. The summed E-state index contributed by atoms with van der Waals surface area (Å²) in [7, 11) is 0. The van der Waals surface area contributed by atoms with E-state index in [9.17, 15) is 18.0 Å². The maximum absolute atomic E-state index is 12.1. The first-order valence-corrected chi connectivity index (χ1v) is 5.00. The second kappa shape index (κ2) is 4.97. The molecule has 16 heavy (non-hydrogen) atoms. The highest BCUT2D eigenvalue weighted by atomic mass is 35.5. The molecule has 0 aliphatic rings. The Morgan fingerprint density at radius 1 is 1.44 bits per heavy atom. The summed E-state index contributed by atoms with van der Waals surface area (Å²) in [5.74, 6) is -1.70. The van der Waals surface area contributed by atoms with E-state index in [0.29, 0.717) is 0 Å². The van der Waals surface area contributed by atoms with E-state index in [2.05, 4.69) is 17.4 Å². The Labute approximate surface area is 99.8 Å². The Hall–Kier alpha value is -0.880. The summed E-state index contributed by atoms with van der Waals surface area (Å²) in [5.41, 5.74) is -0.236. The quantitative estimate of drug-likeness (QED) is 0.518. The normalized spacial score (nSPS) is 11.3. The third-order valence-electron chi connectivity index (χ3n) is 1.63. The van der Waals surface area contributed by atoms with Crippen LogP contribution in [0.5, 0.6) is 5.75 Å². The van der Waals surface area contributed by atoms with Crippen molar-refractivity contribution < 1.29 is 22.7 Å². The predicted octanol–water partition coefficient (Wildman–Crippen LogP) is 3.30. The molecule has 0 N–H and O–H groups in total. The van der Waals surface area contributed by atoms with Crippen LogP contribution in [0.2, 0.25) is 0 Å². The molecular formula is C9H6ClF3O2S. The summed E-state index contributed by atoms with van der Waals surface area (Å²) < 4.78 is 39.9. The number of hydrogen-bond acceptors (Lipinski definition) is 3. The van der Waals surface area contributed by atoms with Crippen LogP contribution in [-0.2, 0) is 0 Å². The number of carbonyl (C=O) groups is 1. The van der Waals surface area contributed by atoms with Crippen molar-refractivity contribution in [3.63, 3.8) is 0 Å². The molecule has 7 heteroatoms. The number of halogens is 4. The summed E-state index contributed by atoms with van der Waals surface area (Å²) in [5, 5.41) is 0. The second-order valence-electron chi connectivity index (χ2n) is 2.76. The van der Waals surface area contributed by atoms with Crippen molar-refractivity contribution in [3.05, 3.63) is 23.8 Å². The molecule has 0 saturated carbocycles. The standard InChI is InChI=1S/C9H6ClF3O2S/c10-4-6(14)5-2-1-3-7(16)8(5)15-9(11,12)13/h1-3,16H,4H2. The second-order valence-corrected chi connectivity index (χ2v) is 3.51. The summed E-state index contributed by atoms with van der Waals surface area (Å²) >= 11 is 9.06. The van der Waals surface area contributed by atoms with Crippen molar-refractivity contribution in [1.29, 1.82) is 0 Å². The highest BCUT2D eigenvalue weighted by Gasteiger charge is 2.33. The molecule has 0 bridgehead atoms. The minimum Gasteiger partial charge on any atom is -0.404 e. The molecular weight excluding hydrogens is 265 g/mol. The van der Waals surface area contributed by atoms with Crippen LogP contribution in [0.25, 0.3) is 0 Å². The van der Waals surface area contributed by atoms with Crippen molar-refractivity contribution in [2.75, 3.05) is 5.88 Å². The molecule has 88 valence electrons. The van der Waals surface area contributed by atoms with Gasteiger partial charge in [0.15, 0.2) is 11.5 Å². The zero-order chi connectivity index (χ0) is 12.3. The van der Waals surface area contributed by atoms with Crippen LogP contribution in [0, 0.1) is 0 Å². The monoisotopic (exact) mass is 270 g/mol. The third kappa shape index (κ3) is 3.31. The number of Topliss-reactive ketones (excluding diaryl/α,β-unsaturated/α-hetero) is 1. The van der Waals surface area contributed by atoms with Gasteiger partial charge < -0.3 is 4.74 Å². The SMILES string of the molecule is O=C(CCl)c1cccc(S)c1OC(F)(F)F. The van der Waals surface area contributed by atoms with E-state index < -0.39 is 23.8 Å². The zero-order valence-corrected chi connectivity index (χ0v) is 9.37. The topological polar surface area (TPSA) is 26.3 Å². The molecule has 0 aromatic heterocycles. The largest absolute Gasteiger partial charge is 0.573 e. The molecule has 0 amide bonds. The summed E-state index contributed by atoms with van der Waals surface area (Å²) in [6.45, 7) is 0. The number of ketones is 1. The number of thiol groups is 1. The minimum absolute atomic E-state index is 0.0757. The predicted molar refractivity (Wildman–Crippen MR) is 55.4 cm³/mol. The van der Waals surface area contributed by atoms with E-state index in [4.69, 9.17) is 11.6 Å². The number of alkyl halides is 4. The molecule has 0 heterocycles. The Kier molecular flexibility index (Phi) is 4.09. The number of hydrogen-bond donors (Lipinski definition) is 1. The molecule has 1 aromatic rings. The van der Waals surface area contributed by atoms with Crippen LogP contribution in [0.1, 0.15) is 10.4 Å². The molecule has 0 unspecified atom stereocenters. The van der Waals surface area contributed by atoms with Gasteiger partial charge in [-0.05, 0) is 12.1 Å². The van der Waals surface area contributed by atoms with E-state index in [-0.39, 0.29) is 10.5 Å². The van der Waals surface area contributed by atoms with Gasteiger partial charge in [-0.2, -0.15) is 0 Å². The van der Waals surface area contributed by atoms with Gasteiger partial charge in [-0.1, -0.05) is 6.07 Å². The number of benzene rings is 1. The van der Waals surface area contributed by atoms with Crippen molar-refractivity contribution in [2.45, 2.75) is 11.3 Å². The lowest BCUT2D eigenvalue weighted by atomic mass is 10.1. The van der Waals surface area contributed by atoms with Gasteiger partial charge in [-0.15, -0.1) is 37.4 Å². The van der Waals surface area contributed by atoms with Crippen LogP contribution in [0.3, 0.4) is 0 Å². The molecule has 0 radical (unpaired) electrons. The van der Waals surface area contributed by atoms with E-state index in [1.807, 2.05) is 0 Å². The zero-order valence-electron chi connectivity index (χ0n) is 7.71. The fourth-order valence-corrected chi connectivity index (χ4v) is 1.44. The van der Waals surface area contributed by atoms with Gasteiger partial charge in [0.1, 0.15) is 0 Å².